The van der Waals surface area contributed by atoms with E-state index in [1.165, 1.54) is 12.1 Å². The molecule has 0 radical (unpaired) electrons. The Hall–Kier alpha value is -2.28. The molecule has 7 heteroatoms. The Bertz CT molecular complexity index is 673. The molecule has 6 nitrogen and oxygen atoms in total. The van der Waals surface area contributed by atoms with Crippen molar-refractivity contribution in [1.82, 2.24) is 19.9 Å². The minimum Gasteiger partial charge on any atom is -0.338 e. The van der Waals surface area contributed by atoms with Crippen molar-refractivity contribution < 1.29 is 13.7 Å². The van der Waals surface area contributed by atoms with Gasteiger partial charge in [0.2, 0.25) is 11.8 Å². The number of carbonyl (C=O) groups is 1. The van der Waals surface area contributed by atoms with Crippen LogP contribution >= 0.6 is 0 Å². The molecule has 0 saturated carbocycles. The molecule has 0 spiro atoms. The van der Waals surface area contributed by atoms with Gasteiger partial charge in [0.25, 0.3) is 0 Å². The summed E-state index contributed by atoms with van der Waals surface area (Å²) in [5, 5.41) is 3.74. The van der Waals surface area contributed by atoms with E-state index in [4.69, 9.17) is 4.52 Å². The number of carbonyl (C=O) groups excluding carboxylic acids is 1. The average molecular weight is 304 g/mol. The van der Waals surface area contributed by atoms with Crippen LogP contribution in [0, 0.1) is 12.7 Å². The number of rotatable bonds is 4. The van der Waals surface area contributed by atoms with E-state index in [0.29, 0.717) is 37.9 Å². The zero-order chi connectivity index (χ0) is 15.5. The highest BCUT2D eigenvalue weighted by molar-refractivity contribution is 5.79. The molecule has 1 saturated heterocycles. The van der Waals surface area contributed by atoms with Gasteiger partial charge < -0.3 is 9.42 Å². The van der Waals surface area contributed by atoms with E-state index >= 15 is 0 Å². The molecule has 1 aromatic heterocycles. The van der Waals surface area contributed by atoms with Gasteiger partial charge in [0, 0.05) is 19.6 Å². The molecule has 2 aromatic rings. The number of amides is 1. The van der Waals surface area contributed by atoms with Crippen molar-refractivity contribution in [3.8, 4) is 0 Å². The van der Waals surface area contributed by atoms with Crippen LogP contribution in [-0.4, -0.2) is 45.5 Å². The molecular weight excluding hydrogens is 287 g/mol. The fourth-order valence-corrected chi connectivity index (χ4v) is 2.51. The van der Waals surface area contributed by atoms with Gasteiger partial charge in [-0.3, -0.25) is 9.69 Å². The van der Waals surface area contributed by atoms with Crippen molar-refractivity contribution in [2.45, 2.75) is 20.0 Å². The number of aryl methyl sites for hydroxylation is 1. The van der Waals surface area contributed by atoms with E-state index in [-0.39, 0.29) is 11.7 Å². The second-order valence-electron chi connectivity index (χ2n) is 5.39. The molecule has 0 atom stereocenters. The van der Waals surface area contributed by atoms with Crippen LogP contribution in [0.5, 0.6) is 0 Å². The number of benzene rings is 1. The first-order valence-electron chi connectivity index (χ1n) is 7.14. The van der Waals surface area contributed by atoms with Gasteiger partial charge in [-0.05, 0) is 24.6 Å². The molecule has 1 amide bonds. The third-order valence-electron chi connectivity index (χ3n) is 3.59. The lowest BCUT2D eigenvalue weighted by Gasteiger charge is -2.33. The summed E-state index contributed by atoms with van der Waals surface area (Å²) in [7, 11) is 0. The van der Waals surface area contributed by atoms with E-state index in [2.05, 4.69) is 10.1 Å². The number of halogens is 1. The molecule has 0 unspecified atom stereocenters. The average Bonchev–Trinajstić information content (AvgIpc) is 2.87. The highest BCUT2D eigenvalue weighted by Gasteiger charge is 2.25. The van der Waals surface area contributed by atoms with Gasteiger partial charge in [-0.1, -0.05) is 17.3 Å². The van der Waals surface area contributed by atoms with Gasteiger partial charge in [-0.2, -0.15) is 4.98 Å². The smallest absolute Gasteiger partial charge is 0.240 e. The molecule has 0 N–H and O–H groups in total. The fourth-order valence-electron chi connectivity index (χ4n) is 2.51. The third-order valence-corrected chi connectivity index (χ3v) is 3.59. The summed E-state index contributed by atoms with van der Waals surface area (Å²) >= 11 is 0. The monoisotopic (exact) mass is 304 g/mol. The minimum atomic E-state index is -0.282. The molecule has 3 rings (SSSR count). The van der Waals surface area contributed by atoms with E-state index in [1.807, 2.05) is 11.0 Å². The van der Waals surface area contributed by atoms with Crippen LogP contribution in [-0.2, 0) is 17.9 Å². The van der Waals surface area contributed by atoms with Gasteiger partial charge in [-0.25, -0.2) is 4.39 Å². The van der Waals surface area contributed by atoms with Crippen LogP contribution in [0.4, 0.5) is 4.39 Å². The summed E-state index contributed by atoms with van der Waals surface area (Å²) in [5.74, 6) is 0.844. The normalized spacial score (nSPS) is 16.3. The molecule has 0 bridgehead atoms. The van der Waals surface area contributed by atoms with E-state index in [1.54, 1.807) is 17.9 Å². The molecule has 116 valence electrons. The van der Waals surface area contributed by atoms with Crippen LogP contribution in [0.15, 0.2) is 28.8 Å². The van der Waals surface area contributed by atoms with Crippen LogP contribution < -0.4 is 0 Å². The van der Waals surface area contributed by atoms with Crippen molar-refractivity contribution in [1.29, 1.82) is 0 Å². The Labute approximate surface area is 127 Å². The molecule has 0 aliphatic carbocycles. The lowest BCUT2D eigenvalue weighted by molar-refractivity contribution is -0.137. The maximum Gasteiger partial charge on any atom is 0.240 e. The maximum absolute atomic E-state index is 13.2. The van der Waals surface area contributed by atoms with Crippen molar-refractivity contribution >= 4 is 5.91 Å². The van der Waals surface area contributed by atoms with E-state index in [9.17, 15) is 9.18 Å². The Morgan fingerprint density at radius 3 is 2.86 bits per heavy atom. The molecule has 1 aliphatic rings. The molecule has 22 heavy (non-hydrogen) atoms. The van der Waals surface area contributed by atoms with Crippen molar-refractivity contribution in [3.05, 3.63) is 47.4 Å². The van der Waals surface area contributed by atoms with Crippen LogP contribution in [0.25, 0.3) is 0 Å². The first-order chi connectivity index (χ1) is 10.6. The minimum absolute atomic E-state index is 0.0201. The van der Waals surface area contributed by atoms with Crippen molar-refractivity contribution in [2.75, 3.05) is 19.6 Å². The van der Waals surface area contributed by atoms with E-state index in [0.717, 1.165) is 12.1 Å². The highest BCUT2D eigenvalue weighted by Crippen LogP contribution is 2.12. The summed E-state index contributed by atoms with van der Waals surface area (Å²) in [4.78, 5) is 20.1. The summed E-state index contributed by atoms with van der Waals surface area (Å²) in [6, 6.07) is 6.34. The topological polar surface area (TPSA) is 62.5 Å². The Balaban J connectivity index is 1.57. The first kappa shape index (κ1) is 14.6. The quantitative estimate of drug-likeness (QED) is 0.853. The van der Waals surface area contributed by atoms with Gasteiger partial charge in [0.15, 0.2) is 5.82 Å². The second-order valence-corrected chi connectivity index (χ2v) is 5.39. The maximum atomic E-state index is 13.2. The highest BCUT2D eigenvalue weighted by atomic mass is 19.1. The third kappa shape index (κ3) is 3.48. The molecule has 2 heterocycles. The number of piperazine rings is 1. The molecular formula is C15H17FN4O2. The number of aromatic nitrogens is 2. The van der Waals surface area contributed by atoms with Crippen molar-refractivity contribution in [2.24, 2.45) is 0 Å². The lowest BCUT2D eigenvalue weighted by Crippen LogP contribution is -2.49. The van der Waals surface area contributed by atoms with Crippen LogP contribution in [0.3, 0.4) is 0 Å². The summed E-state index contributed by atoms with van der Waals surface area (Å²) in [6.45, 7) is 4.29. The number of nitrogens with zero attached hydrogens (tertiary/aromatic N) is 4. The van der Waals surface area contributed by atoms with Gasteiger partial charge in [0.1, 0.15) is 5.82 Å². The second kappa shape index (κ2) is 6.23. The fraction of sp³-hybridized carbons (Fsp3) is 0.400. The van der Waals surface area contributed by atoms with Gasteiger partial charge in [-0.15, -0.1) is 0 Å². The Morgan fingerprint density at radius 1 is 1.32 bits per heavy atom. The molecule has 1 fully saturated rings. The number of hydrogen-bond acceptors (Lipinski definition) is 5. The van der Waals surface area contributed by atoms with Gasteiger partial charge >= 0.3 is 0 Å². The van der Waals surface area contributed by atoms with E-state index < -0.39 is 0 Å². The van der Waals surface area contributed by atoms with Gasteiger partial charge in [0.05, 0.1) is 13.1 Å². The van der Waals surface area contributed by atoms with Crippen LogP contribution in [0.1, 0.15) is 17.3 Å². The summed E-state index contributed by atoms with van der Waals surface area (Å²) < 4.78 is 18.3. The Kier molecular flexibility index (Phi) is 4.15. The first-order valence-corrected chi connectivity index (χ1v) is 7.14. The SMILES string of the molecule is Cc1noc(CN2CCN(Cc3cccc(F)c3)C(=O)C2)n1. The summed E-state index contributed by atoms with van der Waals surface area (Å²) in [6.07, 6.45) is 0. The predicted molar refractivity (Wildman–Crippen MR) is 76.1 cm³/mol. The largest absolute Gasteiger partial charge is 0.338 e. The molecule has 1 aromatic carbocycles. The number of hydrogen-bond donors (Lipinski definition) is 0. The van der Waals surface area contributed by atoms with Crippen molar-refractivity contribution in [3.63, 3.8) is 0 Å². The standard InChI is InChI=1S/C15H17FN4O2/c1-11-17-14(22-18-11)9-19-5-6-20(15(21)10-19)8-12-3-2-4-13(16)7-12/h2-4,7H,5-6,8-10H2,1H3. The summed E-state index contributed by atoms with van der Waals surface area (Å²) in [5.41, 5.74) is 0.800. The predicted octanol–water partition coefficient (Wildman–Crippen LogP) is 1.36. The Morgan fingerprint density at radius 2 is 2.18 bits per heavy atom. The van der Waals surface area contributed by atoms with Crippen LogP contribution in [0.2, 0.25) is 0 Å². The zero-order valence-electron chi connectivity index (χ0n) is 12.3. The molecule has 1 aliphatic heterocycles. The lowest BCUT2D eigenvalue weighted by atomic mass is 10.2. The zero-order valence-corrected chi connectivity index (χ0v) is 12.3.